The molecule has 0 heterocycles. The van der Waals surface area contributed by atoms with Crippen LogP contribution in [-0.4, -0.2) is 10.2 Å². The quantitative estimate of drug-likeness (QED) is 0.365. The van der Waals surface area contributed by atoms with Crippen LogP contribution in [0.2, 0.25) is 0 Å². The van der Waals surface area contributed by atoms with E-state index in [-0.39, 0.29) is 11.5 Å². The van der Waals surface area contributed by atoms with Gasteiger partial charge < -0.3 is 21.7 Å². The maximum absolute atomic E-state index is 9.18. The van der Waals surface area contributed by atoms with E-state index >= 15 is 0 Å². The van der Waals surface area contributed by atoms with Gasteiger partial charge in [-0.25, -0.2) is 0 Å². The highest BCUT2D eigenvalue weighted by molar-refractivity contribution is 5.93. The second kappa shape index (κ2) is 6.38. The molecule has 0 radical (unpaired) electrons. The van der Waals surface area contributed by atoms with Crippen LogP contribution in [-0.2, 0) is 0 Å². The summed E-state index contributed by atoms with van der Waals surface area (Å²) in [6, 6.07) is 21.6. The minimum atomic E-state index is 0.271. The van der Waals surface area contributed by atoms with E-state index in [0.29, 0.717) is 0 Å². The maximum Gasteiger partial charge on any atom is 0.116 e. The first kappa shape index (κ1) is 15.5. The summed E-state index contributed by atoms with van der Waals surface area (Å²) in [6.45, 7) is 0. The van der Waals surface area contributed by atoms with Crippen LogP contribution >= 0.6 is 0 Å². The Morgan fingerprint density at radius 2 is 1.21 bits per heavy atom. The number of phenolic OH excluding ortho intramolecular Hbond substituents is 2. The number of nitrogen functional groups attached to an aromatic ring is 2. The number of nitrogens with two attached hydrogens (primary N) is 2. The molecule has 0 aliphatic carbocycles. The van der Waals surface area contributed by atoms with E-state index in [9.17, 15) is 5.11 Å². The van der Waals surface area contributed by atoms with Crippen LogP contribution in [0.5, 0.6) is 11.5 Å². The van der Waals surface area contributed by atoms with Gasteiger partial charge in [0.15, 0.2) is 0 Å². The van der Waals surface area contributed by atoms with Crippen molar-refractivity contribution in [3.05, 3.63) is 72.8 Å². The fourth-order valence-corrected chi connectivity index (χ4v) is 2.55. The summed E-state index contributed by atoms with van der Waals surface area (Å²) in [5.74, 6) is 0.556. The monoisotopic (exact) mass is 318 g/mol. The van der Waals surface area contributed by atoms with Crippen LogP contribution in [0.15, 0.2) is 72.8 Å². The third-order valence-electron chi connectivity index (χ3n) is 3.75. The topological polar surface area (TPSA) is 92.5 Å². The molecule has 120 valence electrons. The highest BCUT2D eigenvalue weighted by Crippen LogP contribution is 2.24. The summed E-state index contributed by atoms with van der Waals surface area (Å²) in [6.07, 6.45) is 0. The Labute approximate surface area is 139 Å². The lowest BCUT2D eigenvalue weighted by atomic mass is 10.1. The van der Waals surface area contributed by atoms with E-state index in [1.54, 1.807) is 24.3 Å². The van der Waals surface area contributed by atoms with Gasteiger partial charge in [-0.3, -0.25) is 0 Å². The molecule has 24 heavy (non-hydrogen) atoms. The molecule has 0 bridgehead atoms. The van der Waals surface area contributed by atoms with E-state index in [2.05, 4.69) is 0 Å². The van der Waals surface area contributed by atoms with Gasteiger partial charge in [-0.2, -0.15) is 0 Å². The van der Waals surface area contributed by atoms with Crippen LogP contribution in [0, 0.1) is 0 Å². The number of phenols is 2. The fraction of sp³-hybridized carbons (Fsp3) is 0. The number of fused-ring (bicyclic) bond motifs is 2. The Kier molecular flexibility index (Phi) is 4.12. The van der Waals surface area contributed by atoms with Crippen molar-refractivity contribution in [2.24, 2.45) is 0 Å². The predicted octanol–water partition coefficient (Wildman–Crippen LogP) is 4.26. The molecule has 0 spiro atoms. The van der Waals surface area contributed by atoms with Crippen LogP contribution in [0.25, 0.3) is 21.5 Å². The number of anilines is 2. The van der Waals surface area contributed by atoms with E-state index in [4.69, 9.17) is 16.6 Å². The van der Waals surface area contributed by atoms with Crippen LogP contribution in [0.3, 0.4) is 0 Å². The minimum absolute atomic E-state index is 0.271. The molecular weight excluding hydrogens is 300 g/mol. The van der Waals surface area contributed by atoms with E-state index < -0.39 is 0 Å². The Morgan fingerprint density at radius 3 is 2.00 bits per heavy atom. The highest BCUT2D eigenvalue weighted by atomic mass is 16.3. The maximum atomic E-state index is 9.18. The largest absolute Gasteiger partial charge is 0.508 e. The van der Waals surface area contributed by atoms with Gasteiger partial charge in [0.05, 0.1) is 0 Å². The Bertz CT molecular complexity index is 971. The van der Waals surface area contributed by atoms with Gasteiger partial charge in [-0.05, 0) is 64.7 Å². The van der Waals surface area contributed by atoms with E-state index in [1.807, 2.05) is 48.5 Å². The molecule has 0 aliphatic rings. The molecule has 4 aromatic carbocycles. The van der Waals surface area contributed by atoms with Crippen LogP contribution in [0.1, 0.15) is 0 Å². The van der Waals surface area contributed by atoms with Gasteiger partial charge >= 0.3 is 0 Å². The molecule has 0 saturated heterocycles. The molecular formula is C20H18N2O2. The first-order valence-corrected chi connectivity index (χ1v) is 7.48. The number of aromatic hydroxyl groups is 2. The third-order valence-corrected chi connectivity index (χ3v) is 3.75. The average Bonchev–Trinajstić information content (AvgIpc) is 2.56. The fourth-order valence-electron chi connectivity index (χ4n) is 2.55. The molecule has 0 saturated carbocycles. The summed E-state index contributed by atoms with van der Waals surface area (Å²) in [7, 11) is 0. The predicted molar refractivity (Wildman–Crippen MR) is 100 cm³/mol. The molecule has 4 aromatic rings. The van der Waals surface area contributed by atoms with Gasteiger partial charge in [0, 0.05) is 16.8 Å². The van der Waals surface area contributed by atoms with E-state index in [0.717, 1.165) is 32.9 Å². The van der Waals surface area contributed by atoms with Gasteiger partial charge in [0.2, 0.25) is 0 Å². The first-order chi connectivity index (χ1) is 11.5. The van der Waals surface area contributed by atoms with Crippen molar-refractivity contribution < 1.29 is 10.2 Å². The van der Waals surface area contributed by atoms with Crippen molar-refractivity contribution in [3.63, 3.8) is 0 Å². The average molecular weight is 318 g/mol. The third kappa shape index (κ3) is 3.33. The molecule has 0 aromatic heterocycles. The summed E-state index contributed by atoms with van der Waals surface area (Å²) in [4.78, 5) is 0. The summed E-state index contributed by atoms with van der Waals surface area (Å²) >= 11 is 0. The van der Waals surface area contributed by atoms with E-state index in [1.165, 1.54) is 0 Å². The number of benzene rings is 4. The summed E-state index contributed by atoms with van der Waals surface area (Å²) < 4.78 is 0. The summed E-state index contributed by atoms with van der Waals surface area (Å²) in [5.41, 5.74) is 12.8. The number of hydrogen-bond donors (Lipinski definition) is 4. The van der Waals surface area contributed by atoms with Crippen molar-refractivity contribution in [1.82, 2.24) is 0 Å². The number of hydrogen-bond acceptors (Lipinski definition) is 4. The molecule has 0 atom stereocenters. The molecule has 0 amide bonds. The molecule has 4 nitrogen and oxygen atoms in total. The molecule has 0 aliphatic heterocycles. The minimum Gasteiger partial charge on any atom is -0.508 e. The highest BCUT2D eigenvalue weighted by Gasteiger charge is 1.97. The normalized spacial score (nSPS) is 10.3. The van der Waals surface area contributed by atoms with Gasteiger partial charge in [-0.1, -0.05) is 24.3 Å². The molecule has 4 rings (SSSR count). The first-order valence-electron chi connectivity index (χ1n) is 7.48. The standard InChI is InChI=1S/2C10H9NO/c11-9-3-1-8-6-10(12)4-2-7(8)5-9;11-10-3-1-2-7-6-8(12)4-5-9(7)10/h2*1-6,12H,11H2. The van der Waals surface area contributed by atoms with Crippen LogP contribution < -0.4 is 11.5 Å². The van der Waals surface area contributed by atoms with Crippen molar-refractivity contribution in [2.45, 2.75) is 0 Å². The smallest absolute Gasteiger partial charge is 0.116 e. The van der Waals surface area contributed by atoms with Crippen molar-refractivity contribution in [2.75, 3.05) is 11.5 Å². The lowest BCUT2D eigenvalue weighted by molar-refractivity contribution is 0.475. The zero-order valence-electron chi connectivity index (χ0n) is 13.0. The second-order valence-electron chi connectivity index (χ2n) is 5.54. The number of rotatable bonds is 0. The SMILES string of the molecule is Nc1ccc2cc(O)ccc2c1.Nc1cccc2cc(O)ccc12. The molecule has 6 N–H and O–H groups in total. The molecule has 0 unspecified atom stereocenters. The lowest BCUT2D eigenvalue weighted by Crippen LogP contribution is -1.85. The molecule has 0 fully saturated rings. The zero-order valence-corrected chi connectivity index (χ0v) is 13.0. The lowest BCUT2D eigenvalue weighted by Gasteiger charge is -2.00. The zero-order chi connectivity index (χ0) is 17.1. The molecule has 4 heteroatoms. The van der Waals surface area contributed by atoms with Gasteiger partial charge in [0.1, 0.15) is 11.5 Å². The Hall–Kier alpha value is -3.40. The Morgan fingerprint density at radius 1 is 0.583 bits per heavy atom. The van der Waals surface area contributed by atoms with Gasteiger partial charge in [0.25, 0.3) is 0 Å². The Balaban J connectivity index is 0.000000141. The van der Waals surface area contributed by atoms with Crippen molar-refractivity contribution in [1.29, 1.82) is 0 Å². The van der Waals surface area contributed by atoms with Crippen molar-refractivity contribution in [3.8, 4) is 11.5 Å². The summed E-state index contributed by atoms with van der Waals surface area (Å²) in [5, 5.41) is 22.4. The van der Waals surface area contributed by atoms with Crippen LogP contribution in [0.4, 0.5) is 11.4 Å². The second-order valence-corrected chi connectivity index (χ2v) is 5.54. The van der Waals surface area contributed by atoms with Gasteiger partial charge in [-0.15, -0.1) is 0 Å². The van der Waals surface area contributed by atoms with Crippen molar-refractivity contribution >= 4 is 32.9 Å².